The predicted molar refractivity (Wildman–Crippen MR) is 79.8 cm³/mol. The second kappa shape index (κ2) is 7.56. The average Bonchev–Trinajstić information content (AvgIpc) is 2.52. The van der Waals surface area contributed by atoms with Crippen molar-refractivity contribution in [1.82, 2.24) is 5.32 Å². The number of para-hydroxylation sites is 1. The molecule has 20 heavy (non-hydrogen) atoms. The van der Waals surface area contributed by atoms with Gasteiger partial charge in [-0.05, 0) is 23.3 Å². The van der Waals surface area contributed by atoms with Gasteiger partial charge in [0, 0.05) is 6.54 Å². The predicted octanol–water partition coefficient (Wildman–Crippen LogP) is 3.12. The van der Waals surface area contributed by atoms with Gasteiger partial charge in [0.25, 0.3) is 0 Å². The second-order valence-corrected chi connectivity index (χ2v) is 4.60. The van der Waals surface area contributed by atoms with Crippen LogP contribution in [0.1, 0.15) is 11.1 Å². The zero-order chi connectivity index (χ0) is 14.2. The van der Waals surface area contributed by atoms with Gasteiger partial charge in [-0.25, -0.2) is 0 Å². The van der Waals surface area contributed by atoms with E-state index in [1.807, 2.05) is 54.6 Å². The van der Waals surface area contributed by atoms with Gasteiger partial charge in [-0.2, -0.15) is 0 Å². The van der Waals surface area contributed by atoms with Crippen molar-refractivity contribution in [1.29, 1.82) is 0 Å². The molecule has 0 saturated heterocycles. The molecule has 0 heterocycles. The van der Waals surface area contributed by atoms with Crippen LogP contribution in [0.25, 0.3) is 0 Å². The fourth-order valence-electron chi connectivity index (χ4n) is 1.68. The summed E-state index contributed by atoms with van der Waals surface area (Å²) in [6.07, 6.45) is 0. The fraction of sp³-hybridized carbons (Fsp3) is 0.188. The summed E-state index contributed by atoms with van der Waals surface area (Å²) >= 11 is 5.41. The molecule has 0 saturated carbocycles. The van der Waals surface area contributed by atoms with Crippen molar-refractivity contribution in [2.75, 3.05) is 5.88 Å². The molecule has 0 fully saturated rings. The number of amides is 1. The summed E-state index contributed by atoms with van der Waals surface area (Å²) in [4.78, 5) is 11.0. The smallest absolute Gasteiger partial charge is 0.235 e. The molecule has 1 amide bonds. The van der Waals surface area contributed by atoms with Crippen molar-refractivity contribution in [2.24, 2.45) is 0 Å². The van der Waals surface area contributed by atoms with Crippen LogP contribution in [0.3, 0.4) is 0 Å². The van der Waals surface area contributed by atoms with Gasteiger partial charge < -0.3 is 10.1 Å². The van der Waals surface area contributed by atoms with Crippen molar-refractivity contribution in [3.05, 3.63) is 65.7 Å². The highest BCUT2D eigenvalue weighted by molar-refractivity contribution is 6.27. The van der Waals surface area contributed by atoms with Crippen molar-refractivity contribution in [3.63, 3.8) is 0 Å². The number of halogens is 1. The van der Waals surface area contributed by atoms with Crippen molar-refractivity contribution < 1.29 is 9.53 Å². The Balaban J connectivity index is 1.84. The van der Waals surface area contributed by atoms with Crippen LogP contribution >= 0.6 is 11.6 Å². The molecule has 2 aromatic rings. The summed E-state index contributed by atoms with van der Waals surface area (Å²) in [6.45, 7) is 1.02. The van der Waals surface area contributed by atoms with Gasteiger partial charge >= 0.3 is 0 Å². The molecule has 0 aromatic heterocycles. The molecule has 1 N–H and O–H groups in total. The van der Waals surface area contributed by atoms with Crippen molar-refractivity contribution in [3.8, 4) is 5.75 Å². The summed E-state index contributed by atoms with van der Waals surface area (Å²) in [5.74, 6) is 0.678. The second-order valence-electron chi connectivity index (χ2n) is 4.33. The Morgan fingerprint density at radius 2 is 1.65 bits per heavy atom. The van der Waals surface area contributed by atoms with E-state index in [-0.39, 0.29) is 11.8 Å². The Labute approximate surface area is 123 Å². The van der Waals surface area contributed by atoms with E-state index in [0.29, 0.717) is 13.2 Å². The molecule has 0 atom stereocenters. The third-order valence-electron chi connectivity index (χ3n) is 2.78. The lowest BCUT2D eigenvalue weighted by Crippen LogP contribution is -2.23. The SMILES string of the molecule is O=C(CCl)NCc1ccc(COc2ccccc2)cc1. The maximum absolute atomic E-state index is 11.0. The number of hydrogen-bond donors (Lipinski definition) is 1. The lowest BCUT2D eigenvalue weighted by Gasteiger charge is -2.07. The van der Waals surface area contributed by atoms with Gasteiger partial charge in [-0.3, -0.25) is 4.79 Å². The zero-order valence-electron chi connectivity index (χ0n) is 11.0. The van der Waals surface area contributed by atoms with Crippen LogP contribution in [0, 0.1) is 0 Å². The molecule has 0 bridgehead atoms. The van der Waals surface area contributed by atoms with E-state index in [1.165, 1.54) is 0 Å². The van der Waals surface area contributed by atoms with Crippen LogP contribution in [0.2, 0.25) is 0 Å². The van der Waals surface area contributed by atoms with Gasteiger partial charge in [0.2, 0.25) is 5.91 Å². The third kappa shape index (κ3) is 4.59. The minimum absolute atomic E-state index is 0.0109. The first-order valence-corrected chi connectivity index (χ1v) is 6.89. The fourth-order valence-corrected chi connectivity index (χ4v) is 1.78. The summed E-state index contributed by atoms with van der Waals surface area (Å²) in [5.41, 5.74) is 2.12. The van der Waals surface area contributed by atoms with Crippen molar-refractivity contribution >= 4 is 17.5 Å². The molecule has 0 spiro atoms. The van der Waals surface area contributed by atoms with E-state index in [2.05, 4.69) is 5.32 Å². The number of ether oxygens (including phenoxy) is 1. The largest absolute Gasteiger partial charge is 0.489 e. The van der Waals surface area contributed by atoms with E-state index in [1.54, 1.807) is 0 Å². The van der Waals surface area contributed by atoms with Crippen LogP contribution in [-0.2, 0) is 17.9 Å². The third-order valence-corrected chi connectivity index (χ3v) is 3.03. The van der Waals surface area contributed by atoms with E-state index >= 15 is 0 Å². The Bertz CT molecular complexity index is 540. The van der Waals surface area contributed by atoms with Gasteiger partial charge in [-0.15, -0.1) is 11.6 Å². The van der Waals surface area contributed by atoms with Crippen LogP contribution in [-0.4, -0.2) is 11.8 Å². The highest BCUT2D eigenvalue weighted by Crippen LogP contribution is 2.12. The molecule has 2 rings (SSSR count). The lowest BCUT2D eigenvalue weighted by atomic mass is 10.1. The van der Waals surface area contributed by atoms with E-state index < -0.39 is 0 Å². The Hall–Kier alpha value is -2.00. The number of nitrogens with one attached hydrogen (secondary N) is 1. The normalized spacial score (nSPS) is 10.1. The number of carbonyl (C=O) groups excluding carboxylic acids is 1. The quantitative estimate of drug-likeness (QED) is 0.830. The molecule has 0 aliphatic carbocycles. The van der Waals surface area contributed by atoms with Crippen LogP contribution in [0.4, 0.5) is 0 Å². The Kier molecular flexibility index (Phi) is 5.44. The van der Waals surface area contributed by atoms with E-state index in [9.17, 15) is 4.79 Å². The first-order chi connectivity index (χ1) is 9.78. The van der Waals surface area contributed by atoms with E-state index in [4.69, 9.17) is 16.3 Å². The minimum Gasteiger partial charge on any atom is -0.489 e. The molecule has 3 nitrogen and oxygen atoms in total. The summed E-state index contributed by atoms with van der Waals surface area (Å²) in [6, 6.07) is 17.6. The molecule has 0 aliphatic rings. The van der Waals surface area contributed by atoms with E-state index in [0.717, 1.165) is 16.9 Å². The molecule has 104 valence electrons. The summed E-state index contributed by atoms with van der Waals surface area (Å²) in [7, 11) is 0. The van der Waals surface area contributed by atoms with Crippen LogP contribution in [0.15, 0.2) is 54.6 Å². The Morgan fingerprint density at radius 1 is 1.00 bits per heavy atom. The first-order valence-electron chi connectivity index (χ1n) is 6.36. The molecule has 0 unspecified atom stereocenters. The molecule has 0 aliphatic heterocycles. The van der Waals surface area contributed by atoms with Crippen molar-refractivity contribution in [2.45, 2.75) is 13.2 Å². The van der Waals surface area contributed by atoms with Crippen LogP contribution < -0.4 is 10.1 Å². The maximum Gasteiger partial charge on any atom is 0.235 e. The molecule has 2 aromatic carbocycles. The summed E-state index contributed by atoms with van der Waals surface area (Å²) < 4.78 is 5.66. The number of benzene rings is 2. The zero-order valence-corrected chi connectivity index (χ0v) is 11.8. The number of hydrogen-bond acceptors (Lipinski definition) is 2. The topological polar surface area (TPSA) is 38.3 Å². The van der Waals surface area contributed by atoms with Gasteiger partial charge in [0.1, 0.15) is 18.2 Å². The monoisotopic (exact) mass is 289 g/mol. The summed E-state index contributed by atoms with van der Waals surface area (Å²) in [5, 5.41) is 2.72. The molecular formula is C16H16ClNO2. The molecular weight excluding hydrogens is 274 g/mol. The standard InChI is InChI=1S/C16H16ClNO2/c17-10-16(19)18-11-13-6-8-14(9-7-13)12-20-15-4-2-1-3-5-15/h1-9H,10-12H2,(H,18,19). The number of carbonyl (C=O) groups is 1. The maximum atomic E-state index is 11.0. The average molecular weight is 290 g/mol. The Morgan fingerprint density at radius 3 is 2.30 bits per heavy atom. The molecule has 0 radical (unpaired) electrons. The van der Waals surface area contributed by atoms with Gasteiger partial charge in [0.05, 0.1) is 0 Å². The minimum atomic E-state index is -0.164. The number of rotatable bonds is 6. The van der Waals surface area contributed by atoms with Gasteiger partial charge in [0.15, 0.2) is 0 Å². The van der Waals surface area contributed by atoms with Crippen LogP contribution in [0.5, 0.6) is 5.75 Å². The molecule has 4 heteroatoms. The lowest BCUT2D eigenvalue weighted by molar-refractivity contribution is -0.118. The highest BCUT2D eigenvalue weighted by Gasteiger charge is 2.00. The highest BCUT2D eigenvalue weighted by atomic mass is 35.5. The number of alkyl halides is 1. The first kappa shape index (κ1) is 14.4. The van der Waals surface area contributed by atoms with Gasteiger partial charge in [-0.1, -0.05) is 42.5 Å².